The van der Waals surface area contributed by atoms with E-state index in [2.05, 4.69) is 0 Å². The quantitative estimate of drug-likeness (QED) is 0.449. The molecule has 7 nitrogen and oxygen atoms in total. The first kappa shape index (κ1) is 24.2. The third-order valence-electron chi connectivity index (χ3n) is 7.23. The zero-order valence-corrected chi connectivity index (χ0v) is 20.3. The van der Waals surface area contributed by atoms with Crippen LogP contribution in [0.1, 0.15) is 52.5 Å². The van der Waals surface area contributed by atoms with Gasteiger partial charge in [-0.25, -0.2) is 9.18 Å². The van der Waals surface area contributed by atoms with Crippen molar-refractivity contribution in [2.45, 2.75) is 51.2 Å². The first-order valence-corrected chi connectivity index (χ1v) is 12.2. The Balaban J connectivity index is 1.33. The highest BCUT2D eigenvalue weighted by Gasteiger charge is 2.55. The lowest BCUT2D eigenvalue weighted by Crippen LogP contribution is -2.44. The van der Waals surface area contributed by atoms with Gasteiger partial charge in [0.05, 0.1) is 16.6 Å². The van der Waals surface area contributed by atoms with E-state index in [-0.39, 0.29) is 65.0 Å². The lowest BCUT2D eigenvalue weighted by Gasteiger charge is -2.27. The normalized spacial score (nSPS) is 20.4. The number of carboxylic acid groups (broad SMARTS) is 1. The fourth-order valence-electron chi connectivity index (χ4n) is 5.36. The van der Waals surface area contributed by atoms with Crippen molar-refractivity contribution in [1.29, 1.82) is 0 Å². The number of benzene rings is 2. The number of aromatic nitrogens is 1. The second-order valence-corrected chi connectivity index (χ2v) is 9.97. The number of carbonyl (C=O) groups excluding carboxylic acids is 3. The Kier molecular flexibility index (Phi) is 6.16. The van der Waals surface area contributed by atoms with Crippen LogP contribution < -0.4 is 0 Å². The van der Waals surface area contributed by atoms with Crippen molar-refractivity contribution < 1.29 is 28.7 Å². The first-order valence-electron chi connectivity index (χ1n) is 11.8. The lowest BCUT2D eigenvalue weighted by atomic mass is 9.99. The Morgan fingerprint density at radius 1 is 1.14 bits per heavy atom. The third-order valence-corrected chi connectivity index (χ3v) is 7.50. The number of aryl methyl sites for hydroxylation is 1. The molecule has 3 aromatic rings. The molecule has 2 fully saturated rings. The van der Waals surface area contributed by atoms with Crippen molar-refractivity contribution in [2.75, 3.05) is 0 Å². The predicted molar refractivity (Wildman–Crippen MR) is 131 cm³/mol. The van der Waals surface area contributed by atoms with E-state index in [1.807, 2.05) is 24.3 Å². The Hall–Kier alpha value is -3.52. The number of likely N-dealkylation sites (tertiary alicyclic amines) is 1. The summed E-state index contributed by atoms with van der Waals surface area (Å²) < 4.78 is 16.2. The van der Waals surface area contributed by atoms with Crippen LogP contribution >= 0.6 is 11.6 Å². The maximum atomic E-state index is 14.4. The highest BCUT2D eigenvalue weighted by Crippen LogP contribution is 2.48. The molecule has 1 N–H and O–H groups in total. The van der Waals surface area contributed by atoms with Crippen molar-refractivity contribution >= 4 is 45.9 Å². The standard InChI is InChI=1S/C27H24ClFN2O5/c1-14(32)19-12-30(21-5-3-2-4-18(19)21)13-25(34)31-22-10-16(22)11-23(31)24(33)7-6-15-8-17(27(35)36)9-20(28)26(15)29/h2-5,8-9,12,16,22-23H,6-7,10-11,13H2,1H3,(H,35,36)/t16?,22-,23+/m1/s1. The number of piperidine rings is 1. The SMILES string of the molecule is CC(=O)c1cn(CC(=O)N2[C@@H]3CC3C[C@H]2C(=O)CCc2cc(C(=O)O)cc(Cl)c2F)c2ccccc12. The van der Waals surface area contributed by atoms with Gasteiger partial charge in [0.1, 0.15) is 12.4 Å². The van der Waals surface area contributed by atoms with E-state index in [0.717, 1.165) is 23.4 Å². The summed E-state index contributed by atoms with van der Waals surface area (Å²) in [7, 11) is 0. The van der Waals surface area contributed by atoms with Gasteiger partial charge in [0.25, 0.3) is 0 Å². The summed E-state index contributed by atoms with van der Waals surface area (Å²) in [6, 6.07) is 9.03. The molecular formula is C27H24ClFN2O5. The number of nitrogens with zero attached hydrogens (tertiary/aromatic N) is 2. The van der Waals surface area contributed by atoms with Gasteiger partial charge < -0.3 is 14.6 Å². The summed E-state index contributed by atoms with van der Waals surface area (Å²) in [5.74, 6) is -2.17. The van der Waals surface area contributed by atoms with E-state index in [9.17, 15) is 28.7 Å². The molecule has 1 saturated heterocycles. The zero-order chi connectivity index (χ0) is 25.7. The average molecular weight is 511 g/mol. The number of rotatable bonds is 8. The second kappa shape index (κ2) is 9.17. The van der Waals surface area contributed by atoms with Gasteiger partial charge in [-0.2, -0.15) is 0 Å². The van der Waals surface area contributed by atoms with Crippen LogP contribution in [0.2, 0.25) is 5.02 Å². The molecule has 2 aromatic carbocycles. The number of amides is 1. The Bertz CT molecular complexity index is 1430. The van der Waals surface area contributed by atoms with Crippen LogP contribution in [0.5, 0.6) is 0 Å². The molecular weight excluding hydrogens is 487 g/mol. The molecule has 1 amide bonds. The fraction of sp³-hybridized carbons (Fsp3) is 0.333. The summed E-state index contributed by atoms with van der Waals surface area (Å²) in [5.41, 5.74) is 1.23. The van der Waals surface area contributed by atoms with Gasteiger partial charge in [-0.1, -0.05) is 29.8 Å². The van der Waals surface area contributed by atoms with Gasteiger partial charge >= 0.3 is 5.97 Å². The van der Waals surface area contributed by atoms with E-state index in [1.54, 1.807) is 15.7 Å². The maximum absolute atomic E-state index is 14.4. The Morgan fingerprint density at radius 3 is 2.61 bits per heavy atom. The van der Waals surface area contributed by atoms with Crippen LogP contribution in [0.4, 0.5) is 4.39 Å². The Labute approximate surface area is 211 Å². The number of ketones is 2. The van der Waals surface area contributed by atoms with Gasteiger partial charge in [0.15, 0.2) is 11.6 Å². The predicted octanol–water partition coefficient (Wildman–Crippen LogP) is 4.53. The fourth-order valence-corrected chi connectivity index (χ4v) is 5.60. The summed E-state index contributed by atoms with van der Waals surface area (Å²) >= 11 is 5.84. The topological polar surface area (TPSA) is 96.7 Å². The third kappa shape index (κ3) is 4.30. The molecule has 0 radical (unpaired) electrons. The van der Waals surface area contributed by atoms with Crippen molar-refractivity contribution in [1.82, 2.24) is 9.47 Å². The monoisotopic (exact) mass is 510 g/mol. The van der Waals surface area contributed by atoms with Crippen LogP contribution in [0.15, 0.2) is 42.6 Å². The number of hydrogen-bond donors (Lipinski definition) is 1. The van der Waals surface area contributed by atoms with Gasteiger partial charge in [0.2, 0.25) is 5.91 Å². The maximum Gasteiger partial charge on any atom is 0.335 e. The van der Waals surface area contributed by atoms with E-state index < -0.39 is 17.8 Å². The molecule has 1 unspecified atom stereocenters. The van der Waals surface area contributed by atoms with Crippen LogP contribution in [0.3, 0.4) is 0 Å². The number of carboxylic acids is 1. The van der Waals surface area contributed by atoms with Gasteiger partial charge in [-0.15, -0.1) is 0 Å². The largest absolute Gasteiger partial charge is 0.478 e. The van der Waals surface area contributed by atoms with Gasteiger partial charge in [-0.3, -0.25) is 14.4 Å². The zero-order valence-electron chi connectivity index (χ0n) is 19.5. The van der Waals surface area contributed by atoms with Crippen molar-refractivity contribution in [3.63, 3.8) is 0 Å². The molecule has 5 rings (SSSR count). The van der Waals surface area contributed by atoms with Crippen molar-refractivity contribution in [3.8, 4) is 0 Å². The molecule has 0 spiro atoms. The molecule has 3 atom stereocenters. The Morgan fingerprint density at radius 2 is 1.89 bits per heavy atom. The van der Waals surface area contributed by atoms with E-state index in [0.29, 0.717) is 12.0 Å². The highest BCUT2D eigenvalue weighted by atomic mass is 35.5. The molecule has 186 valence electrons. The van der Waals surface area contributed by atoms with Crippen LogP contribution in [-0.4, -0.2) is 50.1 Å². The van der Waals surface area contributed by atoms with Crippen LogP contribution in [0, 0.1) is 11.7 Å². The molecule has 36 heavy (non-hydrogen) atoms. The summed E-state index contributed by atoms with van der Waals surface area (Å²) in [6.45, 7) is 1.49. The molecule has 1 aliphatic heterocycles. The minimum absolute atomic E-state index is 0.00564. The van der Waals surface area contributed by atoms with Gasteiger partial charge in [0, 0.05) is 35.1 Å². The molecule has 2 aliphatic rings. The van der Waals surface area contributed by atoms with E-state index >= 15 is 0 Å². The van der Waals surface area contributed by atoms with E-state index in [4.69, 9.17) is 11.6 Å². The highest BCUT2D eigenvalue weighted by molar-refractivity contribution is 6.31. The van der Waals surface area contributed by atoms with Crippen molar-refractivity contribution in [3.05, 3.63) is 70.1 Å². The summed E-state index contributed by atoms with van der Waals surface area (Å²) in [5, 5.41) is 9.68. The number of Topliss-reactive ketones (excluding diaryl/α,β-unsaturated/α-hetero) is 2. The smallest absolute Gasteiger partial charge is 0.335 e. The summed E-state index contributed by atoms with van der Waals surface area (Å²) in [4.78, 5) is 51.6. The second-order valence-electron chi connectivity index (χ2n) is 9.56. The van der Waals surface area contributed by atoms with Gasteiger partial charge in [-0.05, 0) is 55.9 Å². The number of para-hydroxylation sites is 1. The number of carbonyl (C=O) groups is 4. The molecule has 2 heterocycles. The first-order chi connectivity index (χ1) is 17.2. The minimum Gasteiger partial charge on any atom is -0.478 e. The van der Waals surface area contributed by atoms with Crippen LogP contribution in [0.25, 0.3) is 10.9 Å². The number of aromatic carboxylic acids is 1. The molecule has 1 aromatic heterocycles. The number of hydrogen-bond acceptors (Lipinski definition) is 4. The average Bonchev–Trinajstić information content (AvgIpc) is 3.34. The van der Waals surface area contributed by atoms with Crippen LogP contribution in [-0.2, 0) is 22.6 Å². The lowest BCUT2D eigenvalue weighted by molar-refractivity contribution is -0.139. The molecule has 1 saturated carbocycles. The summed E-state index contributed by atoms with van der Waals surface area (Å²) in [6.07, 6.45) is 3.06. The van der Waals surface area contributed by atoms with E-state index in [1.165, 1.54) is 13.0 Å². The molecule has 9 heteroatoms. The van der Waals surface area contributed by atoms with Crippen molar-refractivity contribution in [2.24, 2.45) is 5.92 Å². The molecule has 0 bridgehead atoms. The number of halogens is 2. The minimum atomic E-state index is -1.23. The molecule has 1 aliphatic carbocycles. The number of fused-ring (bicyclic) bond motifs is 2.